The van der Waals surface area contributed by atoms with Crippen molar-refractivity contribution in [2.75, 3.05) is 0 Å². The standard InChI is InChI=1S/C21H28P.C10H15.2ClH.Zr/c1-3-11-19(12-4-1)22(20-13-5-2-6-14-20)21-15-17-9-7-8-10-18(17)16-21;1-3-6-9(2)10-7-4-5-8-10;;;/h7-10,15-16,19-20H,1-6,11-14H2;4,7,9H,3,5-6H2,1-2H3;2*1H;/q2*-1;;;+4/p-2. The molecule has 2 aromatic carbocycles. The first-order valence-corrected chi connectivity index (χ1v) is 15.0. The fraction of sp³-hybridized carbons (Fsp3) is 0.581. The van der Waals surface area contributed by atoms with Crippen LogP contribution in [0.15, 0.2) is 54.1 Å². The molecule has 3 aliphatic rings. The molecule has 0 nitrogen and oxygen atoms in total. The summed E-state index contributed by atoms with van der Waals surface area (Å²) < 4.78 is 0. The number of hydrogen-bond acceptors (Lipinski definition) is 0. The minimum absolute atomic E-state index is 0. The summed E-state index contributed by atoms with van der Waals surface area (Å²) in [6.07, 6.45) is 26.2. The molecule has 0 N–H and O–H groups in total. The van der Waals surface area contributed by atoms with E-state index in [1.165, 1.54) is 93.4 Å². The zero-order valence-corrected chi connectivity index (χ0v) is 26.6. The fourth-order valence-electron chi connectivity index (χ4n) is 6.07. The Morgan fingerprint density at radius 1 is 0.943 bits per heavy atom. The molecule has 2 saturated carbocycles. The summed E-state index contributed by atoms with van der Waals surface area (Å²) in [6, 6.07) is 14.1. The molecular weight excluding hydrogens is 565 g/mol. The van der Waals surface area contributed by atoms with E-state index in [1.807, 2.05) is 0 Å². The molecule has 0 aliphatic heterocycles. The monoisotopic (exact) mass is 606 g/mol. The van der Waals surface area contributed by atoms with Gasteiger partial charge in [0.05, 0.1) is 0 Å². The first kappa shape index (κ1) is 33.2. The minimum atomic E-state index is 0. The Labute approximate surface area is 248 Å². The Bertz CT molecular complexity index is 839. The summed E-state index contributed by atoms with van der Waals surface area (Å²) in [6.45, 7) is 4.51. The van der Waals surface area contributed by atoms with Crippen molar-refractivity contribution >= 4 is 24.0 Å². The van der Waals surface area contributed by atoms with Gasteiger partial charge in [0, 0.05) is 0 Å². The van der Waals surface area contributed by atoms with Crippen LogP contribution in [0.4, 0.5) is 0 Å². The van der Waals surface area contributed by atoms with E-state index < -0.39 is 0 Å². The number of benzene rings is 1. The average molecular weight is 609 g/mol. The number of fused-ring (bicyclic) bond motifs is 1. The Balaban J connectivity index is 0.000000407. The molecule has 0 bridgehead atoms. The van der Waals surface area contributed by atoms with E-state index in [0.29, 0.717) is 0 Å². The molecule has 0 heterocycles. The van der Waals surface area contributed by atoms with Gasteiger partial charge in [0.2, 0.25) is 0 Å². The van der Waals surface area contributed by atoms with Gasteiger partial charge in [0.25, 0.3) is 0 Å². The molecule has 1 unspecified atom stereocenters. The van der Waals surface area contributed by atoms with Crippen molar-refractivity contribution in [2.24, 2.45) is 5.92 Å². The van der Waals surface area contributed by atoms with E-state index in [4.69, 9.17) is 0 Å². The molecule has 2 fully saturated rings. The van der Waals surface area contributed by atoms with Crippen LogP contribution in [-0.4, -0.2) is 11.3 Å². The van der Waals surface area contributed by atoms with Crippen LogP contribution in [0.25, 0.3) is 10.8 Å². The summed E-state index contributed by atoms with van der Waals surface area (Å²) >= 11 is 0. The second-order valence-corrected chi connectivity index (χ2v) is 13.1. The molecule has 3 aliphatic carbocycles. The quantitative estimate of drug-likeness (QED) is 0.349. The van der Waals surface area contributed by atoms with Gasteiger partial charge in [0.15, 0.2) is 0 Å². The summed E-state index contributed by atoms with van der Waals surface area (Å²) in [7, 11) is 0.0611. The van der Waals surface area contributed by atoms with Gasteiger partial charge >= 0.3 is 26.2 Å². The third-order valence-electron chi connectivity index (χ3n) is 7.81. The van der Waals surface area contributed by atoms with Gasteiger partial charge in [0.1, 0.15) is 0 Å². The van der Waals surface area contributed by atoms with Crippen LogP contribution in [0.1, 0.15) is 97.3 Å². The third-order valence-corrected chi connectivity index (χ3v) is 11.3. The normalized spacial score (nSPS) is 19.1. The maximum atomic E-state index is 3.35. The third kappa shape index (κ3) is 9.47. The van der Waals surface area contributed by atoms with E-state index in [1.54, 1.807) is 5.30 Å². The zero-order chi connectivity index (χ0) is 22.2. The zero-order valence-electron chi connectivity index (χ0n) is 21.7. The second kappa shape index (κ2) is 17.7. The molecular formula is C31H43Cl2PZr. The smallest absolute Gasteiger partial charge is 1.00 e. The van der Waals surface area contributed by atoms with Crippen LogP contribution < -0.4 is 30.1 Å². The van der Waals surface area contributed by atoms with Gasteiger partial charge in [-0.2, -0.15) is 12.1 Å². The Morgan fingerprint density at radius 2 is 1.54 bits per heavy atom. The maximum Gasteiger partial charge on any atom is 4.00 e. The molecule has 0 radical (unpaired) electrons. The van der Waals surface area contributed by atoms with Gasteiger partial charge < -0.3 is 24.8 Å². The molecule has 0 amide bonds. The van der Waals surface area contributed by atoms with Gasteiger partial charge in [-0.15, -0.1) is 46.8 Å². The predicted molar refractivity (Wildman–Crippen MR) is 144 cm³/mol. The number of allylic oxidation sites excluding steroid dienone is 4. The fourth-order valence-corrected chi connectivity index (χ4v) is 9.93. The van der Waals surface area contributed by atoms with Crippen molar-refractivity contribution in [3.05, 3.63) is 60.2 Å². The van der Waals surface area contributed by atoms with E-state index in [9.17, 15) is 0 Å². The van der Waals surface area contributed by atoms with E-state index in [0.717, 1.165) is 23.7 Å². The SMILES string of the molecule is CCCC(C)C1=[C-]CC=C1.[Cl-].[Cl-].[Zr+4].c1ccc2[cH-]c(P(C3CCCCC3)C3CCCCC3)cc2c1. The summed E-state index contributed by atoms with van der Waals surface area (Å²) in [5.74, 6) is 0.726. The van der Waals surface area contributed by atoms with Crippen LogP contribution in [0, 0.1) is 12.0 Å². The number of halogens is 2. The number of hydrogen-bond donors (Lipinski definition) is 0. The molecule has 0 spiro atoms. The van der Waals surface area contributed by atoms with Crippen molar-refractivity contribution in [3.63, 3.8) is 0 Å². The molecule has 0 saturated heterocycles. The second-order valence-electron chi connectivity index (χ2n) is 10.3. The largest absolute Gasteiger partial charge is 4.00 e. The molecule has 4 heteroatoms. The summed E-state index contributed by atoms with van der Waals surface area (Å²) in [4.78, 5) is 0. The van der Waals surface area contributed by atoms with E-state index in [-0.39, 0.29) is 58.9 Å². The van der Waals surface area contributed by atoms with Crippen LogP contribution in [-0.2, 0) is 26.2 Å². The first-order chi connectivity index (χ1) is 15.8. The Kier molecular flexibility index (Phi) is 16.8. The van der Waals surface area contributed by atoms with Gasteiger partial charge in [-0.3, -0.25) is 6.08 Å². The molecule has 190 valence electrons. The first-order valence-electron chi connectivity index (χ1n) is 13.5. The van der Waals surface area contributed by atoms with Crippen LogP contribution in [0.5, 0.6) is 0 Å². The van der Waals surface area contributed by atoms with Gasteiger partial charge in [-0.25, -0.2) is 11.6 Å². The van der Waals surface area contributed by atoms with Crippen molar-refractivity contribution in [2.45, 2.75) is 109 Å². The summed E-state index contributed by atoms with van der Waals surface area (Å²) in [5.41, 5.74) is 3.45. The van der Waals surface area contributed by atoms with Gasteiger partial charge in [-0.05, 0) is 43.4 Å². The topological polar surface area (TPSA) is 0 Å². The van der Waals surface area contributed by atoms with Crippen molar-refractivity contribution < 1.29 is 51.0 Å². The van der Waals surface area contributed by atoms with Crippen LogP contribution >= 0.6 is 7.92 Å². The van der Waals surface area contributed by atoms with Crippen LogP contribution in [0.2, 0.25) is 0 Å². The van der Waals surface area contributed by atoms with Crippen LogP contribution in [0.3, 0.4) is 0 Å². The molecule has 35 heavy (non-hydrogen) atoms. The summed E-state index contributed by atoms with van der Waals surface area (Å²) in [5, 5.41) is 4.67. The van der Waals surface area contributed by atoms with E-state index >= 15 is 0 Å². The molecule has 5 rings (SSSR count). The van der Waals surface area contributed by atoms with Crippen molar-refractivity contribution in [1.29, 1.82) is 0 Å². The molecule has 0 aromatic heterocycles. The average Bonchev–Trinajstić information content (AvgIpc) is 3.52. The molecule has 2 aromatic rings. The van der Waals surface area contributed by atoms with Crippen molar-refractivity contribution in [1.82, 2.24) is 0 Å². The number of rotatable bonds is 6. The van der Waals surface area contributed by atoms with Gasteiger partial charge in [-0.1, -0.05) is 78.7 Å². The maximum absolute atomic E-state index is 3.35. The van der Waals surface area contributed by atoms with Crippen molar-refractivity contribution in [3.8, 4) is 0 Å². The minimum Gasteiger partial charge on any atom is -1.00 e. The van der Waals surface area contributed by atoms with E-state index in [2.05, 4.69) is 68.5 Å². The molecule has 1 atom stereocenters. The predicted octanol–water partition coefficient (Wildman–Crippen LogP) is 3.45. The Hall–Kier alpha value is 0.203. The Morgan fingerprint density at radius 3 is 2.06 bits per heavy atom.